The van der Waals surface area contributed by atoms with Gasteiger partial charge in [0.25, 0.3) is 5.91 Å². The number of nitrogens with zero attached hydrogens (tertiary/aromatic N) is 1. The Kier molecular flexibility index (Phi) is 6.57. The topological polar surface area (TPSA) is 67.8 Å². The highest BCUT2D eigenvalue weighted by molar-refractivity contribution is 9.10. The Morgan fingerprint density at radius 3 is 2.45 bits per heavy atom. The van der Waals surface area contributed by atoms with Crippen LogP contribution in [0.1, 0.15) is 37.4 Å². The molecule has 146 valence electrons. The van der Waals surface area contributed by atoms with Crippen LogP contribution in [0.2, 0.25) is 0 Å². The number of hydrogen-bond donors (Lipinski definition) is 1. The Hall–Kier alpha value is -3.25. The summed E-state index contributed by atoms with van der Waals surface area (Å²) in [6, 6.07) is 19.6. The van der Waals surface area contributed by atoms with Crippen LogP contribution in [-0.4, -0.2) is 18.1 Å². The van der Waals surface area contributed by atoms with Gasteiger partial charge in [-0.15, -0.1) is 0 Å². The van der Waals surface area contributed by atoms with Crippen LogP contribution in [0.25, 0.3) is 0 Å². The molecule has 0 unspecified atom stereocenters. The van der Waals surface area contributed by atoms with E-state index in [-0.39, 0.29) is 5.91 Å². The van der Waals surface area contributed by atoms with Crippen LogP contribution >= 0.6 is 15.9 Å². The van der Waals surface area contributed by atoms with Crippen LogP contribution in [0.3, 0.4) is 0 Å². The molecular weight excluding hydrogens is 432 g/mol. The molecule has 0 radical (unpaired) electrons. The van der Waals surface area contributed by atoms with E-state index in [0.29, 0.717) is 22.4 Å². The number of esters is 1. The molecule has 0 aliphatic rings. The highest BCUT2D eigenvalue weighted by Gasteiger charge is 2.13. The zero-order valence-electron chi connectivity index (χ0n) is 16.0. The fraction of sp³-hybridized carbons (Fsp3) is 0.0870. The van der Waals surface area contributed by atoms with Crippen molar-refractivity contribution in [3.8, 4) is 5.75 Å². The average molecular weight is 451 g/mol. The molecule has 0 fully saturated rings. The minimum atomic E-state index is -0.455. The van der Waals surface area contributed by atoms with E-state index in [1.807, 2.05) is 38.1 Å². The summed E-state index contributed by atoms with van der Waals surface area (Å²) in [5, 5.41) is 4.00. The summed E-state index contributed by atoms with van der Waals surface area (Å²) in [7, 11) is 0. The first-order chi connectivity index (χ1) is 13.9. The van der Waals surface area contributed by atoms with Crippen molar-refractivity contribution in [2.24, 2.45) is 5.10 Å². The molecule has 1 amide bonds. The van der Waals surface area contributed by atoms with Gasteiger partial charge in [0.1, 0.15) is 5.75 Å². The summed E-state index contributed by atoms with van der Waals surface area (Å²) < 4.78 is 6.35. The molecule has 0 saturated heterocycles. The molecule has 0 atom stereocenters. The van der Waals surface area contributed by atoms with Crippen molar-refractivity contribution in [1.82, 2.24) is 5.43 Å². The first-order valence-corrected chi connectivity index (χ1v) is 9.71. The summed E-state index contributed by atoms with van der Waals surface area (Å²) in [5.41, 5.74) is 5.93. The van der Waals surface area contributed by atoms with Gasteiger partial charge in [-0.2, -0.15) is 5.10 Å². The number of nitrogens with one attached hydrogen (secondary N) is 1. The molecule has 5 nitrogen and oxygen atoms in total. The van der Waals surface area contributed by atoms with Gasteiger partial charge in [0.15, 0.2) is 0 Å². The molecule has 3 aromatic carbocycles. The van der Waals surface area contributed by atoms with Crippen molar-refractivity contribution in [1.29, 1.82) is 0 Å². The number of halogens is 1. The predicted octanol–water partition coefficient (Wildman–Crippen LogP) is 5.05. The van der Waals surface area contributed by atoms with E-state index in [0.717, 1.165) is 15.6 Å². The number of ether oxygens (including phenoxy) is 1. The lowest BCUT2D eigenvalue weighted by Crippen LogP contribution is -2.17. The van der Waals surface area contributed by atoms with Crippen molar-refractivity contribution in [3.63, 3.8) is 0 Å². The summed E-state index contributed by atoms with van der Waals surface area (Å²) in [6.07, 6.45) is 1.44. The Bertz CT molecular complexity index is 1080. The standard InChI is InChI=1S/C23H19BrN2O3/c1-15-7-9-17(10-8-15)22(27)26-25-14-18-13-19(24)11-12-21(18)29-23(28)20-6-4-3-5-16(20)2/h3-14H,1-2H3,(H,26,27)/b25-14-. The van der Waals surface area contributed by atoms with Crippen LogP contribution in [0.15, 0.2) is 76.3 Å². The van der Waals surface area contributed by atoms with Gasteiger partial charge in [-0.1, -0.05) is 51.8 Å². The Balaban J connectivity index is 1.75. The van der Waals surface area contributed by atoms with Gasteiger partial charge in [0.2, 0.25) is 0 Å². The van der Waals surface area contributed by atoms with E-state index in [1.165, 1.54) is 6.21 Å². The lowest BCUT2D eigenvalue weighted by atomic mass is 10.1. The fourth-order valence-electron chi connectivity index (χ4n) is 2.60. The van der Waals surface area contributed by atoms with E-state index in [1.54, 1.807) is 42.5 Å². The van der Waals surface area contributed by atoms with Crippen molar-refractivity contribution < 1.29 is 14.3 Å². The fourth-order valence-corrected chi connectivity index (χ4v) is 2.98. The minimum absolute atomic E-state index is 0.324. The summed E-state index contributed by atoms with van der Waals surface area (Å²) in [5.74, 6) is -0.437. The van der Waals surface area contributed by atoms with E-state index in [4.69, 9.17) is 4.74 Å². The summed E-state index contributed by atoms with van der Waals surface area (Å²) in [4.78, 5) is 24.7. The number of rotatable bonds is 5. The molecule has 0 saturated carbocycles. The van der Waals surface area contributed by atoms with Crippen molar-refractivity contribution in [2.45, 2.75) is 13.8 Å². The number of carbonyl (C=O) groups is 2. The maximum Gasteiger partial charge on any atom is 0.343 e. The van der Waals surface area contributed by atoms with Gasteiger partial charge in [0.05, 0.1) is 11.8 Å². The predicted molar refractivity (Wildman–Crippen MR) is 117 cm³/mol. The molecule has 3 aromatic rings. The molecule has 0 aliphatic carbocycles. The molecule has 0 spiro atoms. The van der Waals surface area contributed by atoms with Crippen LogP contribution in [0, 0.1) is 13.8 Å². The normalized spacial score (nSPS) is 10.7. The van der Waals surface area contributed by atoms with Crippen LogP contribution in [-0.2, 0) is 0 Å². The Morgan fingerprint density at radius 2 is 1.72 bits per heavy atom. The number of benzene rings is 3. The van der Waals surface area contributed by atoms with E-state index in [2.05, 4.69) is 26.5 Å². The maximum absolute atomic E-state index is 12.5. The Labute approximate surface area is 177 Å². The van der Waals surface area contributed by atoms with Crippen LogP contribution in [0.4, 0.5) is 0 Å². The van der Waals surface area contributed by atoms with Gasteiger partial charge in [0, 0.05) is 15.6 Å². The van der Waals surface area contributed by atoms with Crippen molar-refractivity contribution in [2.75, 3.05) is 0 Å². The van der Waals surface area contributed by atoms with Gasteiger partial charge in [-0.25, -0.2) is 10.2 Å². The molecule has 0 heterocycles. The van der Waals surface area contributed by atoms with Gasteiger partial charge < -0.3 is 4.74 Å². The first-order valence-electron chi connectivity index (χ1n) is 8.91. The van der Waals surface area contributed by atoms with Crippen LogP contribution < -0.4 is 10.2 Å². The molecule has 0 aromatic heterocycles. The second-order valence-electron chi connectivity index (χ2n) is 6.45. The SMILES string of the molecule is Cc1ccc(C(=O)N/N=C\c2cc(Br)ccc2OC(=O)c2ccccc2C)cc1. The molecule has 3 rings (SSSR count). The Morgan fingerprint density at radius 1 is 1.00 bits per heavy atom. The number of hydrazone groups is 1. The third kappa shape index (κ3) is 5.39. The smallest absolute Gasteiger partial charge is 0.343 e. The third-order valence-electron chi connectivity index (χ3n) is 4.22. The van der Waals surface area contributed by atoms with E-state index >= 15 is 0 Å². The van der Waals surface area contributed by atoms with Crippen molar-refractivity contribution in [3.05, 3.63) is 99.0 Å². The second kappa shape index (κ2) is 9.30. The lowest BCUT2D eigenvalue weighted by molar-refractivity contribution is 0.0733. The lowest BCUT2D eigenvalue weighted by Gasteiger charge is -2.09. The highest BCUT2D eigenvalue weighted by Crippen LogP contribution is 2.23. The zero-order valence-corrected chi connectivity index (χ0v) is 17.6. The van der Waals surface area contributed by atoms with Gasteiger partial charge in [-0.3, -0.25) is 4.79 Å². The molecule has 0 aliphatic heterocycles. The number of hydrogen-bond acceptors (Lipinski definition) is 4. The van der Waals surface area contributed by atoms with Gasteiger partial charge >= 0.3 is 5.97 Å². The molecular formula is C23H19BrN2O3. The maximum atomic E-state index is 12.5. The summed E-state index contributed by atoms with van der Waals surface area (Å²) in [6.45, 7) is 3.80. The third-order valence-corrected chi connectivity index (χ3v) is 4.72. The quantitative estimate of drug-likeness (QED) is 0.256. The first kappa shape index (κ1) is 20.5. The number of carbonyl (C=O) groups excluding carboxylic acids is 2. The van der Waals surface area contributed by atoms with Crippen LogP contribution in [0.5, 0.6) is 5.75 Å². The summed E-state index contributed by atoms with van der Waals surface area (Å²) >= 11 is 3.39. The van der Waals surface area contributed by atoms with E-state index in [9.17, 15) is 9.59 Å². The molecule has 6 heteroatoms. The molecule has 29 heavy (non-hydrogen) atoms. The monoisotopic (exact) mass is 450 g/mol. The average Bonchev–Trinajstić information content (AvgIpc) is 2.70. The molecule has 0 bridgehead atoms. The van der Waals surface area contributed by atoms with Crippen molar-refractivity contribution >= 4 is 34.0 Å². The number of aryl methyl sites for hydroxylation is 2. The second-order valence-corrected chi connectivity index (χ2v) is 7.37. The minimum Gasteiger partial charge on any atom is -0.422 e. The van der Waals surface area contributed by atoms with Gasteiger partial charge in [-0.05, 0) is 55.8 Å². The molecule has 1 N–H and O–H groups in total. The number of amides is 1. The highest BCUT2D eigenvalue weighted by atomic mass is 79.9. The largest absolute Gasteiger partial charge is 0.422 e. The van der Waals surface area contributed by atoms with E-state index < -0.39 is 5.97 Å². The zero-order chi connectivity index (χ0) is 20.8.